The summed E-state index contributed by atoms with van der Waals surface area (Å²) in [6.07, 6.45) is -0.739. The SMILES string of the molecule is C[C@@]1(O)[C@H](O)[C@@H](CO)O[C@H]1n1cc(/C(N)=N/O)c2c(N)ncnc21. The summed E-state index contributed by atoms with van der Waals surface area (Å²) < 4.78 is 6.97. The Hall–Kier alpha value is -2.47. The minimum atomic E-state index is -1.72. The Labute approximate surface area is 135 Å². The summed E-state index contributed by atoms with van der Waals surface area (Å²) in [5, 5.41) is 42.3. The summed E-state index contributed by atoms with van der Waals surface area (Å²) in [6.45, 7) is 0.898. The van der Waals surface area contributed by atoms with Crippen molar-refractivity contribution in [2.45, 2.75) is 31.0 Å². The molecular formula is C13H18N6O5. The molecule has 3 heterocycles. The predicted molar refractivity (Wildman–Crippen MR) is 82.1 cm³/mol. The normalized spacial score (nSPS) is 31.0. The van der Waals surface area contributed by atoms with Crippen molar-refractivity contribution in [3.63, 3.8) is 0 Å². The van der Waals surface area contributed by atoms with Gasteiger partial charge in [-0.2, -0.15) is 0 Å². The fourth-order valence-electron chi connectivity index (χ4n) is 2.93. The van der Waals surface area contributed by atoms with Gasteiger partial charge in [0.15, 0.2) is 12.1 Å². The summed E-state index contributed by atoms with van der Waals surface area (Å²) in [4.78, 5) is 7.99. The molecule has 0 unspecified atom stereocenters. The second-order valence-corrected chi connectivity index (χ2v) is 5.77. The first-order valence-electron chi connectivity index (χ1n) is 7.08. The van der Waals surface area contributed by atoms with E-state index in [0.717, 1.165) is 0 Å². The maximum atomic E-state index is 10.6. The number of hydrogen-bond acceptors (Lipinski definition) is 9. The van der Waals surface area contributed by atoms with Gasteiger partial charge in [0.1, 0.15) is 35.6 Å². The van der Waals surface area contributed by atoms with Gasteiger partial charge in [0.25, 0.3) is 0 Å². The smallest absolute Gasteiger partial charge is 0.172 e. The number of rotatable bonds is 3. The van der Waals surface area contributed by atoms with Gasteiger partial charge in [-0.1, -0.05) is 5.16 Å². The lowest BCUT2D eigenvalue weighted by Crippen LogP contribution is -2.44. The molecule has 1 aliphatic rings. The van der Waals surface area contributed by atoms with Gasteiger partial charge in [-0.05, 0) is 6.92 Å². The number of ether oxygens (including phenoxy) is 1. The zero-order valence-electron chi connectivity index (χ0n) is 12.7. The van der Waals surface area contributed by atoms with E-state index in [1.54, 1.807) is 0 Å². The first-order valence-corrected chi connectivity index (χ1v) is 7.08. The Morgan fingerprint density at radius 1 is 1.50 bits per heavy atom. The van der Waals surface area contributed by atoms with E-state index in [1.165, 1.54) is 24.0 Å². The van der Waals surface area contributed by atoms with E-state index >= 15 is 0 Å². The van der Waals surface area contributed by atoms with Gasteiger partial charge in [0, 0.05) is 6.20 Å². The van der Waals surface area contributed by atoms with Crippen LogP contribution in [-0.2, 0) is 4.74 Å². The molecule has 0 saturated carbocycles. The van der Waals surface area contributed by atoms with Crippen molar-refractivity contribution in [3.05, 3.63) is 18.1 Å². The van der Waals surface area contributed by atoms with Crippen molar-refractivity contribution >= 4 is 22.7 Å². The highest BCUT2D eigenvalue weighted by atomic mass is 16.6. The van der Waals surface area contributed by atoms with Crippen LogP contribution >= 0.6 is 0 Å². The first-order chi connectivity index (χ1) is 11.3. The first kappa shape index (κ1) is 16.4. The van der Waals surface area contributed by atoms with E-state index in [1.807, 2.05) is 0 Å². The third-order valence-electron chi connectivity index (χ3n) is 4.21. The predicted octanol–water partition coefficient (Wildman–Crippen LogP) is -1.89. The third kappa shape index (κ3) is 2.17. The summed E-state index contributed by atoms with van der Waals surface area (Å²) in [6, 6.07) is 0. The van der Waals surface area contributed by atoms with E-state index in [0.29, 0.717) is 5.39 Å². The van der Waals surface area contributed by atoms with Crippen LogP contribution in [0.25, 0.3) is 11.0 Å². The number of nitrogen functional groups attached to an aromatic ring is 1. The Balaban J connectivity index is 2.23. The number of aromatic nitrogens is 3. The van der Waals surface area contributed by atoms with E-state index < -0.39 is 30.6 Å². The van der Waals surface area contributed by atoms with Crippen LogP contribution in [0.3, 0.4) is 0 Å². The van der Waals surface area contributed by atoms with Gasteiger partial charge >= 0.3 is 0 Å². The molecular weight excluding hydrogens is 320 g/mol. The number of amidine groups is 1. The van der Waals surface area contributed by atoms with Gasteiger partial charge in [-0.15, -0.1) is 0 Å². The molecule has 1 aliphatic heterocycles. The Morgan fingerprint density at radius 3 is 2.79 bits per heavy atom. The highest BCUT2D eigenvalue weighted by Crippen LogP contribution is 2.40. The standard InChI is InChI=1S/C13H18N6O5/c1-13(22)8(21)6(3-20)24-12(13)19-2-5(9(14)18-23)7-10(15)16-4-17-11(7)19/h2,4,6,8,12,20-23H,3H2,1H3,(H2,14,18)(H2,15,16,17)/t6-,8-,12-,13-/m1/s1. The molecule has 11 heteroatoms. The lowest BCUT2D eigenvalue weighted by atomic mass is 9.96. The zero-order chi connectivity index (χ0) is 17.6. The number of nitrogens with zero attached hydrogens (tertiary/aromatic N) is 4. The van der Waals surface area contributed by atoms with Crippen molar-refractivity contribution < 1.29 is 25.3 Å². The van der Waals surface area contributed by atoms with Crippen LogP contribution in [-0.4, -0.2) is 65.3 Å². The highest BCUT2D eigenvalue weighted by Gasteiger charge is 2.53. The van der Waals surface area contributed by atoms with Crippen molar-refractivity contribution in [1.29, 1.82) is 0 Å². The Kier molecular flexibility index (Phi) is 3.80. The summed E-state index contributed by atoms with van der Waals surface area (Å²) >= 11 is 0. The molecule has 0 amide bonds. The maximum absolute atomic E-state index is 10.6. The Morgan fingerprint density at radius 2 is 2.21 bits per heavy atom. The number of nitrogens with two attached hydrogens (primary N) is 2. The van der Waals surface area contributed by atoms with Gasteiger partial charge in [0.05, 0.1) is 17.6 Å². The van der Waals surface area contributed by atoms with Crippen molar-refractivity contribution in [2.75, 3.05) is 12.3 Å². The van der Waals surface area contributed by atoms with Gasteiger partial charge in [0.2, 0.25) is 0 Å². The maximum Gasteiger partial charge on any atom is 0.172 e. The van der Waals surface area contributed by atoms with Crippen LogP contribution in [0.5, 0.6) is 0 Å². The minimum absolute atomic E-state index is 0.0947. The van der Waals surface area contributed by atoms with Crippen molar-refractivity contribution in [1.82, 2.24) is 14.5 Å². The molecule has 11 nitrogen and oxygen atoms in total. The molecule has 3 rings (SSSR count). The summed E-state index contributed by atoms with van der Waals surface area (Å²) in [7, 11) is 0. The number of oxime groups is 1. The zero-order valence-corrected chi connectivity index (χ0v) is 12.7. The highest BCUT2D eigenvalue weighted by molar-refractivity contribution is 6.11. The van der Waals surface area contributed by atoms with Crippen LogP contribution < -0.4 is 11.5 Å². The van der Waals surface area contributed by atoms with Gasteiger partial charge in [-0.3, -0.25) is 0 Å². The monoisotopic (exact) mass is 338 g/mol. The van der Waals surface area contributed by atoms with Crippen LogP contribution in [0.15, 0.2) is 17.7 Å². The van der Waals surface area contributed by atoms with Crippen LogP contribution in [0.1, 0.15) is 18.7 Å². The molecule has 4 atom stereocenters. The molecule has 130 valence electrons. The second kappa shape index (κ2) is 5.56. The average molecular weight is 338 g/mol. The van der Waals surface area contributed by atoms with Gasteiger partial charge in [-0.25, -0.2) is 9.97 Å². The van der Waals surface area contributed by atoms with E-state index in [2.05, 4.69) is 15.1 Å². The quantitative estimate of drug-likeness (QED) is 0.161. The van der Waals surface area contributed by atoms with E-state index in [-0.39, 0.29) is 22.9 Å². The lowest BCUT2D eigenvalue weighted by molar-refractivity contribution is -0.0948. The van der Waals surface area contributed by atoms with E-state index in [9.17, 15) is 15.3 Å². The fourth-order valence-corrected chi connectivity index (χ4v) is 2.93. The average Bonchev–Trinajstić information content (AvgIpc) is 3.04. The number of fused-ring (bicyclic) bond motifs is 1. The largest absolute Gasteiger partial charge is 0.409 e. The molecule has 0 radical (unpaired) electrons. The molecule has 1 saturated heterocycles. The lowest BCUT2D eigenvalue weighted by Gasteiger charge is -2.27. The Bertz CT molecular complexity index is 803. The summed E-state index contributed by atoms with van der Waals surface area (Å²) in [5.41, 5.74) is 10.3. The molecule has 2 aromatic heterocycles. The van der Waals surface area contributed by atoms with Crippen LogP contribution in [0.2, 0.25) is 0 Å². The van der Waals surface area contributed by atoms with Crippen LogP contribution in [0.4, 0.5) is 5.82 Å². The second-order valence-electron chi connectivity index (χ2n) is 5.77. The van der Waals surface area contributed by atoms with Gasteiger partial charge < -0.3 is 41.3 Å². The molecule has 0 aromatic carbocycles. The molecule has 0 aliphatic carbocycles. The minimum Gasteiger partial charge on any atom is -0.409 e. The number of aliphatic hydroxyl groups is 3. The number of anilines is 1. The molecule has 24 heavy (non-hydrogen) atoms. The molecule has 1 fully saturated rings. The molecule has 2 aromatic rings. The third-order valence-corrected chi connectivity index (χ3v) is 4.21. The van der Waals surface area contributed by atoms with Crippen molar-refractivity contribution in [3.8, 4) is 0 Å². The number of aliphatic hydroxyl groups excluding tert-OH is 2. The molecule has 0 spiro atoms. The summed E-state index contributed by atoms with van der Waals surface area (Å²) in [5.74, 6) is -0.130. The topological polar surface area (TPSA) is 185 Å². The van der Waals surface area contributed by atoms with Crippen molar-refractivity contribution in [2.24, 2.45) is 10.9 Å². The molecule has 0 bridgehead atoms. The number of hydrogen-bond donors (Lipinski definition) is 6. The van der Waals surface area contributed by atoms with E-state index in [4.69, 9.17) is 21.4 Å². The van der Waals surface area contributed by atoms with Crippen LogP contribution in [0, 0.1) is 0 Å². The molecule has 8 N–H and O–H groups in total. The fraction of sp³-hybridized carbons (Fsp3) is 0.462.